The maximum absolute atomic E-state index is 12.7. The van der Waals surface area contributed by atoms with E-state index in [1.54, 1.807) is 0 Å². The van der Waals surface area contributed by atoms with E-state index in [4.69, 9.17) is 5.73 Å². The molecule has 1 saturated heterocycles. The van der Waals surface area contributed by atoms with E-state index in [-0.39, 0.29) is 5.91 Å². The number of nitrogens with zero attached hydrogens (tertiary/aromatic N) is 2. The Bertz CT molecular complexity index is 662. The van der Waals surface area contributed by atoms with E-state index in [0.717, 1.165) is 42.8 Å². The van der Waals surface area contributed by atoms with Gasteiger partial charge in [0.2, 0.25) is 0 Å². The first-order chi connectivity index (χ1) is 9.65. The number of benzene rings is 1. The quantitative estimate of drug-likeness (QED) is 0.763. The van der Waals surface area contributed by atoms with Crippen LogP contribution in [0.1, 0.15) is 16.1 Å². The number of amides is 1. The number of aryl methyl sites for hydroxylation is 1. The Morgan fingerprint density at radius 1 is 1.30 bits per heavy atom. The lowest BCUT2D eigenvalue weighted by Gasteiger charge is -2.28. The Kier molecular flexibility index (Phi) is 3.28. The Hall–Kier alpha value is -2.14. The molecule has 0 atom stereocenters. The molecule has 0 bridgehead atoms. The number of fused-ring (bicyclic) bond motifs is 1. The second-order valence-electron chi connectivity index (χ2n) is 5.13. The van der Waals surface area contributed by atoms with Crippen LogP contribution in [0.5, 0.6) is 0 Å². The van der Waals surface area contributed by atoms with Crippen molar-refractivity contribution in [2.45, 2.75) is 6.92 Å². The Morgan fingerprint density at radius 2 is 2.05 bits per heavy atom. The number of anilines is 1. The molecule has 1 aliphatic rings. The number of nitrogens with two attached hydrogens (primary N) is 1. The van der Waals surface area contributed by atoms with Crippen molar-refractivity contribution in [2.24, 2.45) is 0 Å². The predicted molar refractivity (Wildman–Crippen MR) is 79.7 cm³/mol. The fourth-order valence-electron chi connectivity index (χ4n) is 2.59. The van der Waals surface area contributed by atoms with Crippen LogP contribution in [0, 0.1) is 6.92 Å². The zero-order valence-electron chi connectivity index (χ0n) is 11.5. The monoisotopic (exact) mass is 270 g/mol. The van der Waals surface area contributed by atoms with Gasteiger partial charge in [0.25, 0.3) is 5.91 Å². The van der Waals surface area contributed by atoms with Crippen LogP contribution in [0.25, 0.3) is 10.9 Å². The molecule has 104 valence electrons. The molecule has 2 aromatic rings. The largest absolute Gasteiger partial charge is 0.399 e. The second-order valence-corrected chi connectivity index (χ2v) is 5.13. The first-order valence-corrected chi connectivity index (χ1v) is 6.82. The number of carbonyl (C=O) groups is 1. The third-order valence-electron chi connectivity index (χ3n) is 3.60. The molecule has 2 heterocycles. The highest BCUT2D eigenvalue weighted by Crippen LogP contribution is 2.22. The van der Waals surface area contributed by atoms with Gasteiger partial charge in [-0.05, 0) is 31.2 Å². The molecule has 3 rings (SSSR count). The van der Waals surface area contributed by atoms with Crippen LogP contribution in [0.15, 0.2) is 24.3 Å². The van der Waals surface area contributed by atoms with Gasteiger partial charge in [-0.3, -0.25) is 9.78 Å². The van der Waals surface area contributed by atoms with Gasteiger partial charge in [-0.25, -0.2) is 0 Å². The topological polar surface area (TPSA) is 71.2 Å². The number of rotatable bonds is 1. The lowest BCUT2D eigenvalue weighted by molar-refractivity contribution is 0.0737. The summed E-state index contributed by atoms with van der Waals surface area (Å²) in [5, 5.41) is 4.09. The van der Waals surface area contributed by atoms with Crippen molar-refractivity contribution in [1.29, 1.82) is 0 Å². The fraction of sp³-hybridized carbons (Fsp3) is 0.333. The van der Waals surface area contributed by atoms with E-state index < -0.39 is 0 Å². The number of hydrogen-bond donors (Lipinski definition) is 2. The predicted octanol–water partition coefficient (Wildman–Crippen LogP) is 1.17. The van der Waals surface area contributed by atoms with Gasteiger partial charge in [0.05, 0.1) is 11.1 Å². The number of hydrogen-bond acceptors (Lipinski definition) is 4. The van der Waals surface area contributed by atoms with Gasteiger partial charge in [-0.15, -0.1) is 0 Å². The SMILES string of the molecule is Cc1cc(C(=O)N2CCNCC2)c2cc(N)ccc2n1. The summed E-state index contributed by atoms with van der Waals surface area (Å²) < 4.78 is 0. The number of carbonyl (C=O) groups excluding carboxylic acids is 1. The molecule has 0 unspecified atom stereocenters. The smallest absolute Gasteiger partial charge is 0.254 e. The van der Waals surface area contributed by atoms with Crippen LogP contribution >= 0.6 is 0 Å². The summed E-state index contributed by atoms with van der Waals surface area (Å²) in [6.07, 6.45) is 0. The first-order valence-electron chi connectivity index (χ1n) is 6.82. The molecule has 20 heavy (non-hydrogen) atoms. The number of nitrogens with one attached hydrogen (secondary N) is 1. The van der Waals surface area contributed by atoms with E-state index in [1.807, 2.05) is 36.1 Å². The maximum Gasteiger partial charge on any atom is 0.254 e. The third kappa shape index (κ3) is 2.32. The third-order valence-corrected chi connectivity index (χ3v) is 3.60. The van der Waals surface area contributed by atoms with Gasteiger partial charge in [0.15, 0.2) is 0 Å². The molecule has 1 aromatic carbocycles. The molecule has 0 spiro atoms. The minimum Gasteiger partial charge on any atom is -0.399 e. The first kappa shape index (κ1) is 12.9. The van der Waals surface area contributed by atoms with E-state index in [2.05, 4.69) is 10.3 Å². The number of piperazine rings is 1. The molecule has 1 fully saturated rings. The summed E-state index contributed by atoms with van der Waals surface area (Å²) in [7, 11) is 0. The molecule has 1 aromatic heterocycles. The van der Waals surface area contributed by atoms with Crippen LogP contribution in [0.4, 0.5) is 5.69 Å². The average Bonchev–Trinajstić information content (AvgIpc) is 2.47. The van der Waals surface area contributed by atoms with E-state index in [9.17, 15) is 4.79 Å². The van der Waals surface area contributed by atoms with E-state index >= 15 is 0 Å². The maximum atomic E-state index is 12.7. The number of pyridine rings is 1. The highest BCUT2D eigenvalue weighted by atomic mass is 16.2. The summed E-state index contributed by atoms with van der Waals surface area (Å²) in [6.45, 7) is 5.07. The summed E-state index contributed by atoms with van der Waals surface area (Å²) in [6, 6.07) is 7.36. The van der Waals surface area contributed by atoms with Crippen molar-refractivity contribution in [3.05, 3.63) is 35.5 Å². The van der Waals surface area contributed by atoms with Crippen molar-refractivity contribution in [1.82, 2.24) is 15.2 Å². The van der Waals surface area contributed by atoms with Crippen molar-refractivity contribution in [3.8, 4) is 0 Å². The summed E-state index contributed by atoms with van der Waals surface area (Å²) >= 11 is 0. The molecular formula is C15H18N4O. The second kappa shape index (κ2) is 5.09. The van der Waals surface area contributed by atoms with Gasteiger partial charge in [0.1, 0.15) is 0 Å². The zero-order chi connectivity index (χ0) is 14.1. The highest BCUT2D eigenvalue weighted by Gasteiger charge is 2.20. The van der Waals surface area contributed by atoms with E-state index in [0.29, 0.717) is 11.3 Å². The Morgan fingerprint density at radius 3 is 2.80 bits per heavy atom. The fourth-order valence-corrected chi connectivity index (χ4v) is 2.59. The molecular weight excluding hydrogens is 252 g/mol. The van der Waals surface area contributed by atoms with E-state index in [1.165, 1.54) is 0 Å². The summed E-state index contributed by atoms with van der Waals surface area (Å²) in [4.78, 5) is 19.1. The van der Waals surface area contributed by atoms with Crippen LogP contribution in [0.2, 0.25) is 0 Å². The molecule has 0 saturated carbocycles. The minimum atomic E-state index is 0.0626. The Balaban J connectivity index is 2.09. The van der Waals surface area contributed by atoms with Crippen LogP contribution in [-0.2, 0) is 0 Å². The van der Waals surface area contributed by atoms with Crippen LogP contribution < -0.4 is 11.1 Å². The Labute approximate surface area is 117 Å². The lowest BCUT2D eigenvalue weighted by atomic mass is 10.1. The summed E-state index contributed by atoms with van der Waals surface area (Å²) in [5.41, 5.74) is 8.86. The molecule has 1 aliphatic heterocycles. The lowest BCUT2D eigenvalue weighted by Crippen LogP contribution is -2.46. The van der Waals surface area contributed by atoms with Gasteiger partial charge in [-0.1, -0.05) is 0 Å². The molecule has 5 heteroatoms. The van der Waals surface area contributed by atoms with Gasteiger partial charge < -0.3 is 16.0 Å². The average molecular weight is 270 g/mol. The number of aromatic nitrogens is 1. The zero-order valence-corrected chi connectivity index (χ0v) is 11.5. The van der Waals surface area contributed by atoms with Crippen molar-refractivity contribution < 1.29 is 4.79 Å². The van der Waals surface area contributed by atoms with Crippen molar-refractivity contribution in [2.75, 3.05) is 31.9 Å². The van der Waals surface area contributed by atoms with Crippen molar-refractivity contribution in [3.63, 3.8) is 0 Å². The van der Waals surface area contributed by atoms with Crippen LogP contribution in [-0.4, -0.2) is 42.0 Å². The highest BCUT2D eigenvalue weighted by molar-refractivity contribution is 6.06. The molecule has 5 nitrogen and oxygen atoms in total. The van der Waals surface area contributed by atoms with Crippen molar-refractivity contribution >= 4 is 22.5 Å². The molecule has 0 radical (unpaired) electrons. The van der Waals surface area contributed by atoms with Crippen LogP contribution in [0.3, 0.4) is 0 Å². The van der Waals surface area contributed by atoms with Gasteiger partial charge >= 0.3 is 0 Å². The number of nitrogen functional groups attached to an aromatic ring is 1. The normalized spacial score (nSPS) is 15.6. The van der Waals surface area contributed by atoms with Gasteiger partial charge in [0, 0.05) is 42.9 Å². The molecule has 0 aliphatic carbocycles. The summed E-state index contributed by atoms with van der Waals surface area (Å²) in [5.74, 6) is 0.0626. The molecule has 3 N–H and O–H groups in total. The standard InChI is InChI=1S/C15H18N4O/c1-10-8-13(15(20)19-6-4-17-5-7-19)12-9-11(16)2-3-14(12)18-10/h2-3,8-9,17H,4-7,16H2,1H3. The minimum absolute atomic E-state index is 0.0626. The van der Waals surface area contributed by atoms with Gasteiger partial charge in [-0.2, -0.15) is 0 Å². The molecule has 1 amide bonds.